The second-order valence-corrected chi connectivity index (χ2v) is 6.83. The predicted molar refractivity (Wildman–Crippen MR) is 79.9 cm³/mol. The van der Waals surface area contributed by atoms with Crippen molar-refractivity contribution in [1.82, 2.24) is 15.0 Å². The van der Waals surface area contributed by atoms with E-state index < -0.39 is 0 Å². The molecule has 22 heavy (non-hydrogen) atoms. The number of ether oxygens (including phenoxy) is 1. The van der Waals surface area contributed by atoms with Gasteiger partial charge in [-0.3, -0.25) is 4.79 Å². The highest BCUT2D eigenvalue weighted by Crippen LogP contribution is 2.40. The van der Waals surface area contributed by atoms with Gasteiger partial charge >= 0.3 is 0 Å². The lowest BCUT2D eigenvalue weighted by atomic mass is 10.1. The number of hydrogen-bond donors (Lipinski definition) is 0. The molecule has 1 aliphatic heterocycles. The zero-order chi connectivity index (χ0) is 15.1. The molecule has 0 radical (unpaired) electrons. The first-order valence-electron chi connectivity index (χ1n) is 7.49. The maximum absolute atomic E-state index is 12.8. The Morgan fingerprint density at radius 3 is 3.05 bits per heavy atom. The Hall–Kier alpha value is -1.73. The molecule has 1 amide bonds. The normalized spacial score (nSPS) is 22.0. The molecule has 2 fully saturated rings. The zero-order valence-electron chi connectivity index (χ0n) is 12.3. The summed E-state index contributed by atoms with van der Waals surface area (Å²) in [4.78, 5) is 19.1. The standard InChI is InChI=1S/C15H17N3O3S/c1-9-16-12(8-22-9)13-7-20-5-4-18(13)15(19)11-6-14(21-17-11)10-2-3-10/h6,8,10,13H,2-5,7H2,1H3/t13-/m1/s1. The summed E-state index contributed by atoms with van der Waals surface area (Å²) in [6.07, 6.45) is 2.25. The molecule has 1 atom stereocenters. The molecule has 2 aromatic heterocycles. The number of thiazole rings is 1. The van der Waals surface area contributed by atoms with Gasteiger partial charge in [-0.25, -0.2) is 4.98 Å². The minimum absolute atomic E-state index is 0.102. The van der Waals surface area contributed by atoms with Crippen LogP contribution in [0.1, 0.15) is 51.8 Å². The maximum Gasteiger partial charge on any atom is 0.276 e. The smallest absolute Gasteiger partial charge is 0.276 e. The number of nitrogens with zero attached hydrogens (tertiary/aromatic N) is 3. The van der Waals surface area contributed by atoms with E-state index in [0.29, 0.717) is 31.4 Å². The quantitative estimate of drug-likeness (QED) is 0.869. The van der Waals surface area contributed by atoms with Crippen molar-refractivity contribution < 1.29 is 14.1 Å². The molecule has 4 rings (SSSR count). The molecule has 3 heterocycles. The largest absolute Gasteiger partial charge is 0.377 e. The minimum atomic E-state index is -0.146. The third-order valence-corrected chi connectivity index (χ3v) is 4.89. The number of carbonyl (C=O) groups excluding carboxylic acids is 1. The summed E-state index contributed by atoms with van der Waals surface area (Å²) in [5.74, 6) is 1.18. The average molecular weight is 319 g/mol. The highest BCUT2D eigenvalue weighted by Gasteiger charge is 2.34. The van der Waals surface area contributed by atoms with Crippen molar-refractivity contribution in [3.63, 3.8) is 0 Å². The van der Waals surface area contributed by atoms with Crippen LogP contribution >= 0.6 is 11.3 Å². The Bertz CT molecular complexity index is 692. The van der Waals surface area contributed by atoms with Gasteiger partial charge in [0.2, 0.25) is 0 Å². The molecule has 0 unspecified atom stereocenters. The highest BCUT2D eigenvalue weighted by molar-refractivity contribution is 7.09. The first-order chi connectivity index (χ1) is 10.7. The van der Waals surface area contributed by atoms with Gasteiger partial charge in [0.15, 0.2) is 5.69 Å². The van der Waals surface area contributed by atoms with Crippen molar-refractivity contribution in [1.29, 1.82) is 0 Å². The van der Waals surface area contributed by atoms with Crippen LogP contribution in [-0.2, 0) is 4.74 Å². The van der Waals surface area contributed by atoms with Crippen molar-refractivity contribution in [3.05, 3.63) is 33.6 Å². The summed E-state index contributed by atoms with van der Waals surface area (Å²) in [6, 6.07) is 1.64. The van der Waals surface area contributed by atoms with E-state index in [2.05, 4.69) is 10.1 Å². The molecular weight excluding hydrogens is 302 g/mol. The molecule has 0 aromatic carbocycles. The Balaban J connectivity index is 1.58. The highest BCUT2D eigenvalue weighted by atomic mass is 32.1. The van der Waals surface area contributed by atoms with Crippen molar-refractivity contribution in [3.8, 4) is 0 Å². The van der Waals surface area contributed by atoms with Gasteiger partial charge in [-0.1, -0.05) is 5.16 Å². The molecule has 0 N–H and O–H groups in total. The second kappa shape index (κ2) is 5.48. The van der Waals surface area contributed by atoms with E-state index in [1.165, 1.54) is 0 Å². The van der Waals surface area contributed by atoms with Crippen LogP contribution in [-0.4, -0.2) is 40.7 Å². The fraction of sp³-hybridized carbons (Fsp3) is 0.533. The number of aromatic nitrogens is 2. The molecule has 116 valence electrons. The van der Waals surface area contributed by atoms with Gasteiger partial charge in [0, 0.05) is 23.9 Å². The van der Waals surface area contributed by atoms with Crippen LogP contribution in [0.3, 0.4) is 0 Å². The van der Waals surface area contributed by atoms with Gasteiger partial charge in [-0.05, 0) is 19.8 Å². The molecule has 0 bridgehead atoms. The van der Waals surface area contributed by atoms with E-state index in [1.54, 1.807) is 22.3 Å². The number of hydrogen-bond acceptors (Lipinski definition) is 6. The predicted octanol–water partition coefficient (Wildman–Crippen LogP) is 2.53. The fourth-order valence-corrected chi connectivity index (χ4v) is 3.38. The summed E-state index contributed by atoms with van der Waals surface area (Å²) in [5.41, 5.74) is 1.28. The van der Waals surface area contributed by atoms with Gasteiger partial charge in [-0.15, -0.1) is 11.3 Å². The summed E-state index contributed by atoms with van der Waals surface area (Å²) in [6.45, 7) is 3.52. The number of amides is 1. The first kappa shape index (κ1) is 13.9. The molecule has 2 aromatic rings. The van der Waals surface area contributed by atoms with E-state index in [9.17, 15) is 4.79 Å². The fourth-order valence-electron chi connectivity index (χ4n) is 2.72. The Kier molecular flexibility index (Phi) is 3.46. The second-order valence-electron chi connectivity index (χ2n) is 5.77. The molecule has 0 spiro atoms. The molecule has 1 saturated carbocycles. The maximum atomic E-state index is 12.8. The lowest BCUT2D eigenvalue weighted by Gasteiger charge is -2.34. The van der Waals surface area contributed by atoms with Gasteiger partial charge in [0.25, 0.3) is 5.91 Å². The van der Waals surface area contributed by atoms with Gasteiger partial charge in [-0.2, -0.15) is 0 Å². The topological polar surface area (TPSA) is 68.5 Å². The molecule has 1 saturated heterocycles. The molecule has 7 heteroatoms. The monoisotopic (exact) mass is 319 g/mol. The zero-order valence-corrected chi connectivity index (χ0v) is 13.1. The van der Waals surface area contributed by atoms with Crippen molar-refractivity contribution in [2.75, 3.05) is 19.8 Å². The van der Waals surface area contributed by atoms with Gasteiger partial charge in [0.05, 0.1) is 30.0 Å². The van der Waals surface area contributed by atoms with E-state index >= 15 is 0 Å². The summed E-state index contributed by atoms with van der Waals surface area (Å²) < 4.78 is 10.8. The van der Waals surface area contributed by atoms with Crippen LogP contribution in [0.15, 0.2) is 16.0 Å². The van der Waals surface area contributed by atoms with E-state index in [1.807, 2.05) is 12.3 Å². The van der Waals surface area contributed by atoms with Crippen LogP contribution < -0.4 is 0 Å². The van der Waals surface area contributed by atoms with Crippen LogP contribution in [0.25, 0.3) is 0 Å². The lowest BCUT2D eigenvalue weighted by Crippen LogP contribution is -2.43. The number of morpholine rings is 1. The van der Waals surface area contributed by atoms with E-state index in [0.717, 1.165) is 29.3 Å². The first-order valence-corrected chi connectivity index (χ1v) is 8.37. The SMILES string of the molecule is Cc1nc([C@H]2COCCN2C(=O)c2cc(C3CC3)on2)cs1. The summed E-state index contributed by atoms with van der Waals surface area (Å²) in [5, 5.41) is 6.95. The van der Waals surface area contributed by atoms with Crippen LogP contribution in [0.2, 0.25) is 0 Å². The van der Waals surface area contributed by atoms with Crippen molar-refractivity contribution in [2.24, 2.45) is 0 Å². The Morgan fingerprint density at radius 2 is 2.32 bits per heavy atom. The lowest BCUT2D eigenvalue weighted by molar-refractivity contribution is -0.00426. The van der Waals surface area contributed by atoms with Gasteiger partial charge < -0.3 is 14.2 Å². The third kappa shape index (κ3) is 2.55. The number of carbonyl (C=O) groups is 1. The summed E-state index contributed by atoms with van der Waals surface area (Å²) >= 11 is 1.59. The molecule has 1 aliphatic carbocycles. The number of aryl methyl sites for hydroxylation is 1. The van der Waals surface area contributed by atoms with Crippen molar-refractivity contribution >= 4 is 17.2 Å². The third-order valence-electron chi connectivity index (χ3n) is 4.09. The molecular formula is C15H17N3O3S. The van der Waals surface area contributed by atoms with Gasteiger partial charge in [0.1, 0.15) is 5.76 Å². The molecule has 6 nitrogen and oxygen atoms in total. The summed E-state index contributed by atoms with van der Waals surface area (Å²) in [7, 11) is 0. The van der Waals surface area contributed by atoms with Crippen LogP contribution in [0, 0.1) is 6.92 Å². The van der Waals surface area contributed by atoms with Crippen LogP contribution in [0.4, 0.5) is 0 Å². The minimum Gasteiger partial charge on any atom is -0.377 e. The van der Waals surface area contributed by atoms with Crippen LogP contribution in [0.5, 0.6) is 0 Å². The Morgan fingerprint density at radius 1 is 1.45 bits per heavy atom. The Labute approximate surface area is 132 Å². The number of rotatable bonds is 3. The van der Waals surface area contributed by atoms with E-state index in [-0.39, 0.29) is 11.9 Å². The van der Waals surface area contributed by atoms with E-state index in [4.69, 9.17) is 9.26 Å². The molecule has 2 aliphatic rings. The average Bonchev–Trinajstić information content (AvgIpc) is 3.11. The van der Waals surface area contributed by atoms with Crippen molar-refractivity contribution in [2.45, 2.75) is 31.7 Å².